The van der Waals surface area contributed by atoms with E-state index in [1.54, 1.807) is 12.1 Å². The van der Waals surface area contributed by atoms with Gasteiger partial charge in [0, 0.05) is 24.7 Å². The highest BCUT2D eigenvalue weighted by Gasteiger charge is 2.06. The van der Waals surface area contributed by atoms with Crippen LogP contribution < -0.4 is 5.32 Å². The van der Waals surface area contributed by atoms with E-state index in [-0.39, 0.29) is 0 Å². The van der Waals surface area contributed by atoms with Crippen molar-refractivity contribution in [2.75, 3.05) is 32.7 Å². The van der Waals surface area contributed by atoms with Crippen molar-refractivity contribution in [1.29, 1.82) is 0 Å². The smallest absolute Gasteiger partial charge is 0.0914 e. The van der Waals surface area contributed by atoms with Crippen molar-refractivity contribution in [2.24, 2.45) is 0 Å². The van der Waals surface area contributed by atoms with Crippen LogP contribution in [0.2, 0.25) is 5.02 Å². The van der Waals surface area contributed by atoms with Crippen LogP contribution in [-0.2, 0) is 0 Å². The molecular formula is C14H23ClN2O. The molecule has 0 aromatic heterocycles. The predicted octanol–water partition coefficient (Wildman–Crippen LogP) is 2.30. The van der Waals surface area contributed by atoms with Crippen molar-refractivity contribution < 1.29 is 5.11 Å². The number of hydrogen-bond donors (Lipinski definition) is 2. The molecule has 0 amide bonds. The lowest BCUT2D eigenvalue weighted by Gasteiger charge is -2.19. The number of hydrogen-bond acceptors (Lipinski definition) is 3. The van der Waals surface area contributed by atoms with Crippen molar-refractivity contribution in [3.8, 4) is 0 Å². The maximum absolute atomic E-state index is 9.97. The molecule has 1 atom stereocenters. The first-order valence-corrected chi connectivity index (χ1v) is 6.91. The Hall–Kier alpha value is -0.610. The van der Waals surface area contributed by atoms with E-state index in [0.29, 0.717) is 11.6 Å². The highest BCUT2D eigenvalue weighted by atomic mass is 35.5. The minimum atomic E-state index is -0.473. The summed E-state index contributed by atoms with van der Waals surface area (Å²) in [6.45, 7) is 8.93. The van der Waals surface area contributed by atoms with Crippen LogP contribution in [0, 0.1) is 0 Å². The van der Waals surface area contributed by atoms with Crippen LogP contribution in [0.3, 0.4) is 0 Å². The quantitative estimate of drug-likeness (QED) is 0.712. The zero-order valence-corrected chi connectivity index (χ0v) is 12.0. The molecule has 3 nitrogen and oxygen atoms in total. The third-order valence-electron chi connectivity index (χ3n) is 3.09. The summed E-state index contributed by atoms with van der Waals surface area (Å²) in [6.07, 6.45) is -0.473. The predicted molar refractivity (Wildman–Crippen MR) is 77.1 cm³/mol. The molecule has 0 aliphatic heterocycles. The molecule has 0 heterocycles. The van der Waals surface area contributed by atoms with Crippen LogP contribution >= 0.6 is 11.6 Å². The molecule has 0 saturated carbocycles. The topological polar surface area (TPSA) is 35.5 Å². The number of aliphatic hydroxyl groups is 1. The molecule has 0 aliphatic carbocycles. The fourth-order valence-electron chi connectivity index (χ4n) is 1.82. The molecule has 0 aliphatic rings. The molecule has 1 aromatic rings. The van der Waals surface area contributed by atoms with Gasteiger partial charge in [-0.2, -0.15) is 0 Å². The first-order valence-electron chi connectivity index (χ1n) is 6.54. The molecule has 0 saturated heterocycles. The van der Waals surface area contributed by atoms with Gasteiger partial charge in [0.2, 0.25) is 0 Å². The maximum atomic E-state index is 9.97. The van der Waals surface area contributed by atoms with Gasteiger partial charge in [-0.15, -0.1) is 0 Å². The number of aliphatic hydroxyl groups excluding tert-OH is 1. The lowest BCUT2D eigenvalue weighted by molar-refractivity contribution is 0.172. The Morgan fingerprint density at radius 3 is 2.39 bits per heavy atom. The second-order valence-electron chi connectivity index (χ2n) is 4.30. The van der Waals surface area contributed by atoms with Gasteiger partial charge in [0.05, 0.1) is 6.10 Å². The minimum absolute atomic E-state index is 0.473. The van der Waals surface area contributed by atoms with Gasteiger partial charge < -0.3 is 15.3 Å². The Balaban J connectivity index is 2.25. The first kappa shape index (κ1) is 15.4. The molecule has 0 spiro atoms. The molecule has 4 heteroatoms. The second-order valence-corrected chi connectivity index (χ2v) is 4.73. The summed E-state index contributed by atoms with van der Waals surface area (Å²) in [5.74, 6) is 0. The molecule has 18 heavy (non-hydrogen) atoms. The number of nitrogens with one attached hydrogen (secondary N) is 1. The maximum Gasteiger partial charge on any atom is 0.0914 e. The molecular weight excluding hydrogens is 248 g/mol. The van der Waals surface area contributed by atoms with Crippen molar-refractivity contribution in [3.63, 3.8) is 0 Å². The van der Waals surface area contributed by atoms with Gasteiger partial charge in [-0.1, -0.05) is 37.6 Å². The Labute approximate surface area is 115 Å². The summed E-state index contributed by atoms with van der Waals surface area (Å²) in [6, 6.07) is 7.32. The Morgan fingerprint density at radius 1 is 1.22 bits per heavy atom. The fraction of sp³-hybridized carbons (Fsp3) is 0.571. The monoisotopic (exact) mass is 270 g/mol. The van der Waals surface area contributed by atoms with E-state index in [2.05, 4.69) is 24.1 Å². The molecule has 1 unspecified atom stereocenters. The molecule has 0 bridgehead atoms. The normalized spacial score (nSPS) is 12.9. The SMILES string of the molecule is CCN(CC)CCNCC(O)c1ccc(Cl)cc1. The van der Waals surface area contributed by atoms with Gasteiger partial charge in [0.1, 0.15) is 0 Å². The summed E-state index contributed by atoms with van der Waals surface area (Å²) in [5, 5.41) is 13.9. The highest BCUT2D eigenvalue weighted by Crippen LogP contribution is 2.15. The Kier molecular flexibility index (Phi) is 7.28. The number of benzene rings is 1. The largest absolute Gasteiger partial charge is 0.387 e. The van der Waals surface area contributed by atoms with Crippen LogP contribution in [0.25, 0.3) is 0 Å². The van der Waals surface area contributed by atoms with Crippen LogP contribution in [0.5, 0.6) is 0 Å². The average molecular weight is 271 g/mol. The van der Waals surface area contributed by atoms with Crippen molar-refractivity contribution in [2.45, 2.75) is 20.0 Å². The van der Waals surface area contributed by atoms with E-state index in [9.17, 15) is 5.11 Å². The van der Waals surface area contributed by atoms with Crippen molar-refractivity contribution in [3.05, 3.63) is 34.9 Å². The standard InChI is InChI=1S/C14H23ClN2O/c1-3-17(4-2)10-9-16-11-14(18)12-5-7-13(15)8-6-12/h5-8,14,16,18H,3-4,9-11H2,1-2H3. The van der Waals surface area contributed by atoms with Gasteiger partial charge in [-0.25, -0.2) is 0 Å². The third kappa shape index (κ3) is 5.36. The van der Waals surface area contributed by atoms with Gasteiger partial charge in [0.15, 0.2) is 0 Å². The van der Waals surface area contributed by atoms with Crippen molar-refractivity contribution in [1.82, 2.24) is 10.2 Å². The summed E-state index contributed by atoms with van der Waals surface area (Å²) in [4.78, 5) is 2.35. The molecule has 0 radical (unpaired) electrons. The lowest BCUT2D eigenvalue weighted by atomic mass is 10.1. The fourth-order valence-corrected chi connectivity index (χ4v) is 1.94. The van der Waals surface area contributed by atoms with E-state index in [0.717, 1.165) is 31.7 Å². The molecule has 2 N–H and O–H groups in total. The summed E-state index contributed by atoms with van der Waals surface area (Å²) >= 11 is 5.81. The first-order chi connectivity index (χ1) is 8.67. The zero-order valence-electron chi connectivity index (χ0n) is 11.2. The summed E-state index contributed by atoms with van der Waals surface area (Å²) in [7, 11) is 0. The van der Waals surface area contributed by atoms with Gasteiger partial charge in [0.25, 0.3) is 0 Å². The molecule has 102 valence electrons. The van der Waals surface area contributed by atoms with E-state index in [1.807, 2.05) is 12.1 Å². The molecule has 1 aromatic carbocycles. The molecule has 1 rings (SSSR count). The average Bonchev–Trinajstić information content (AvgIpc) is 2.39. The van der Waals surface area contributed by atoms with Gasteiger partial charge in [-0.3, -0.25) is 0 Å². The Morgan fingerprint density at radius 2 is 1.83 bits per heavy atom. The van der Waals surface area contributed by atoms with E-state index in [4.69, 9.17) is 11.6 Å². The highest BCUT2D eigenvalue weighted by molar-refractivity contribution is 6.30. The number of nitrogens with zero attached hydrogens (tertiary/aromatic N) is 1. The summed E-state index contributed by atoms with van der Waals surface area (Å²) in [5.41, 5.74) is 0.898. The number of likely N-dealkylation sites (N-methyl/N-ethyl adjacent to an activating group) is 1. The van der Waals surface area contributed by atoms with Gasteiger partial charge >= 0.3 is 0 Å². The van der Waals surface area contributed by atoms with E-state index in [1.165, 1.54) is 0 Å². The van der Waals surface area contributed by atoms with Crippen LogP contribution in [0.1, 0.15) is 25.5 Å². The van der Waals surface area contributed by atoms with Crippen LogP contribution in [-0.4, -0.2) is 42.7 Å². The van der Waals surface area contributed by atoms with E-state index >= 15 is 0 Å². The van der Waals surface area contributed by atoms with Crippen LogP contribution in [0.4, 0.5) is 0 Å². The Bertz CT molecular complexity index is 325. The zero-order chi connectivity index (χ0) is 13.4. The van der Waals surface area contributed by atoms with Crippen molar-refractivity contribution >= 4 is 11.6 Å². The van der Waals surface area contributed by atoms with Crippen LogP contribution in [0.15, 0.2) is 24.3 Å². The van der Waals surface area contributed by atoms with Gasteiger partial charge in [-0.05, 0) is 30.8 Å². The molecule has 0 fully saturated rings. The summed E-state index contributed by atoms with van der Waals surface area (Å²) < 4.78 is 0. The third-order valence-corrected chi connectivity index (χ3v) is 3.34. The van der Waals surface area contributed by atoms with E-state index < -0.39 is 6.10 Å². The second kappa shape index (κ2) is 8.48. The number of rotatable bonds is 8. The lowest BCUT2D eigenvalue weighted by Crippen LogP contribution is -2.33. The minimum Gasteiger partial charge on any atom is -0.387 e. The number of halogens is 1.